The molecule has 1 fully saturated rings. The molecule has 5 rings (SSSR count). The molecule has 0 saturated carbocycles. The van der Waals surface area contributed by atoms with Gasteiger partial charge in [-0.05, 0) is 62.7 Å². The van der Waals surface area contributed by atoms with E-state index < -0.39 is 5.82 Å². The largest absolute Gasteiger partial charge is 0.338 e. The lowest BCUT2D eigenvalue weighted by Gasteiger charge is -2.33. The number of rotatable bonds is 7. The van der Waals surface area contributed by atoms with E-state index in [0.29, 0.717) is 11.4 Å². The molecule has 0 atom stereocenters. The minimum absolute atomic E-state index is 0.00656. The van der Waals surface area contributed by atoms with Crippen LogP contribution in [0.3, 0.4) is 0 Å². The van der Waals surface area contributed by atoms with Crippen LogP contribution in [-0.4, -0.2) is 67.0 Å². The second-order valence-electron chi connectivity index (χ2n) is 9.74. The quantitative estimate of drug-likeness (QED) is 0.323. The van der Waals surface area contributed by atoms with Gasteiger partial charge in [0.15, 0.2) is 5.82 Å². The molecule has 0 radical (unpaired) electrons. The first-order valence-electron chi connectivity index (χ1n) is 12.7. The fourth-order valence-electron chi connectivity index (χ4n) is 4.99. The topological polar surface area (TPSA) is 75.0 Å². The number of benzene rings is 1. The van der Waals surface area contributed by atoms with Crippen molar-refractivity contribution in [3.63, 3.8) is 0 Å². The fraction of sp³-hybridized carbons (Fsp3) is 0.407. The Balaban J connectivity index is 1.46. The number of aryl methyl sites for hydroxylation is 1. The Hall–Kier alpha value is -3.14. The number of likely N-dealkylation sites (N-methyl/N-ethyl adjacent to an activating group) is 1. The van der Waals surface area contributed by atoms with E-state index in [9.17, 15) is 4.39 Å². The third-order valence-electron chi connectivity index (χ3n) is 6.88. The van der Waals surface area contributed by atoms with Crippen LogP contribution in [-0.2, 0) is 6.54 Å². The van der Waals surface area contributed by atoms with Gasteiger partial charge in [-0.3, -0.25) is 4.90 Å². The average molecular weight is 523 g/mol. The van der Waals surface area contributed by atoms with E-state index in [1.807, 2.05) is 31.3 Å². The molecule has 194 valence electrons. The number of nitrogens with one attached hydrogen (secondary N) is 1. The zero-order valence-corrected chi connectivity index (χ0v) is 22.4. The first-order chi connectivity index (χ1) is 17.8. The molecule has 37 heavy (non-hydrogen) atoms. The Morgan fingerprint density at radius 1 is 1.03 bits per heavy atom. The summed E-state index contributed by atoms with van der Waals surface area (Å²) in [5.74, 6) is 1.03. The number of pyridine rings is 1. The Morgan fingerprint density at radius 3 is 2.46 bits per heavy atom. The third kappa shape index (κ3) is 5.44. The van der Waals surface area contributed by atoms with Crippen LogP contribution < -0.4 is 5.32 Å². The summed E-state index contributed by atoms with van der Waals surface area (Å²) in [4.78, 5) is 22.3. The number of halogens is 2. The van der Waals surface area contributed by atoms with Crippen LogP contribution in [0.25, 0.3) is 22.3 Å². The van der Waals surface area contributed by atoms with Crippen LogP contribution in [0.2, 0.25) is 5.28 Å². The normalized spacial score (nSPS) is 15.1. The molecule has 10 heteroatoms. The van der Waals surface area contributed by atoms with Gasteiger partial charge in [0.25, 0.3) is 0 Å². The van der Waals surface area contributed by atoms with Gasteiger partial charge in [0, 0.05) is 50.5 Å². The molecule has 4 heterocycles. The van der Waals surface area contributed by atoms with Gasteiger partial charge in [-0.25, -0.2) is 24.3 Å². The highest BCUT2D eigenvalue weighted by Crippen LogP contribution is 2.34. The highest BCUT2D eigenvalue weighted by atomic mass is 35.5. The van der Waals surface area contributed by atoms with E-state index in [2.05, 4.69) is 61.5 Å². The van der Waals surface area contributed by atoms with Crippen molar-refractivity contribution in [1.82, 2.24) is 34.3 Å². The molecular formula is C27H32ClFN8. The monoisotopic (exact) mass is 522 g/mol. The van der Waals surface area contributed by atoms with E-state index in [1.165, 1.54) is 5.56 Å². The Morgan fingerprint density at radius 2 is 1.78 bits per heavy atom. The van der Waals surface area contributed by atoms with Gasteiger partial charge in [0.05, 0.1) is 17.4 Å². The summed E-state index contributed by atoms with van der Waals surface area (Å²) < 4.78 is 16.8. The fourth-order valence-corrected chi connectivity index (χ4v) is 5.13. The second-order valence-corrected chi connectivity index (χ2v) is 10.1. The molecule has 8 nitrogen and oxygen atoms in total. The highest BCUT2D eigenvalue weighted by molar-refractivity contribution is 6.28. The maximum atomic E-state index is 14.7. The van der Waals surface area contributed by atoms with Crippen LogP contribution >= 0.6 is 11.6 Å². The maximum absolute atomic E-state index is 14.7. The van der Waals surface area contributed by atoms with Gasteiger partial charge in [-0.15, -0.1) is 0 Å². The van der Waals surface area contributed by atoms with Crippen LogP contribution in [0.15, 0.2) is 36.7 Å². The molecule has 1 aliphatic rings. The predicted octanol–water partition coefficient (Wildman–Crippen LogP) is 5.45. The zero-order chi connectivity index (χ0) is 26.1. The average Bonchev–Trinajstić information content (AvgIpc) is 3.23. The van der Waals surface area contributed by atoms with Crippen molar-refractivity contribution in [2.75, 3.05) is 38.0 Å². The molecule has 0 bridgehead atoms. The summed E-state index contributed by atoms with van der Waals surface area (Å²) in [5, 5.41) is 3.40. The first-order valence-corrected chi connectivity index (χ1v) is 13.1. The van der Waals surface area contributed by atoms with Crippen molar-refractivity contribution in [3.05, 3.63) is 59.1 Å². The molecule has 1 N–H and O–H groups in total. The molecule has 0 unspecified atom stereocenters. The first kappa shape index (κ1) is 25.5. The van der Waals surface area contributed by atoms with E-state index in [4.69, 9.17) is 16.6 Å². The van der Waals surface area contributed by atoms with E-state index in [1.54, 1.807) is 0 Å². The smallest absolute Gasteiger partial charge is 0.223 e. The molecule has 3 aromatic heterocycles. The summed E-state index contributed by atoms with van der Waals surface area (Å²) in [6, 6.07) is 7.99. The van der Waals surface area contributed by atoms with Crippen LogP contribution in [0.1, 0.15) is 38.2 Å². The minimum atomic E-state index is -0.538. The molecule has 0 spiro atoms. The van der Waals surface area contributed by atoms with Crippen LogP contribution in [0.4, 0.5) is 15.9 Å². The summed E-state index contributed by atoms with van der Waals surface area (Å²) in [5.41, 5.74) is 4.29. The third-order valence-corrected chi connectivity index (χ3v) is 7.06. The van der Waals surface area contributed by atoms with Gasteiger partial charge < -0.3 is 14.8 Å². The Bertz CT molecular complexity index is 1390. The van der Waals surface area contributed by atoms with Crippen LogP contribution in [0.5, 0.6) is 0 Å². The number of anilines is 2. The van der Waals surface area contributed by atoms with Crippen molar-refractivity contribution in [2.45, 2.75) is 40.3 Å². The van der Waals surface area contributed by atoms with Gasteiger partial charge >= 0.3 is 0 Å². The van der Waals surface area contributed by atoms with E-state index in [-0.39, 0.29) is 17.0 Å². The lowest BCUT2D eigenvalue weighted by atomic mass is 10.1. The number of fused-ring (bicyclic) bond motifs is 1. The molecule has 0 aliphatic carbocycles. The molecule has 1 aromatic carbocycles. The van der Waals surface area contributed by atoms with Gasteiger partial charge in [0.2, 0.25) is 5.28 Å². The van der Waals surface area contributed by atoms with Crippen molar-refractivity contribution < 1.29 is 4.39 Å². The second kappa shape index (κ2) is 10.7. The van der Waals surface area contributed by atoms with E-state index >= 15 is 0 Å². The zero-order valence-electron chi connectivity index (χ0n) is 21.7. The highest BCUT2D eigenvalue weighted by Gasteiger charge is 2.19. The number of hydrogen-bond acceptors (Lipinski definition) is 7. The standard InChI is InChI=1S/C27H32ClFN8/c1-5-35-8-10-36(11-9-35)16-19-6-7-24(30-14-19)33-22-12-20(25-21(29)15-31-27(28)34-25)13-23-26(22)32-18(4)37(23)17(2)3/h6-7,12-15,17H,5,8-11,16H2,1-4H3,(H,30,33). The summed E-state index contributed by atoms with van der Waals surface area (Å²) in [7, 11) is 0. The van der Waals surface area contributed by atoms with E-state index in [0.717, 1.165) is 68.0 Å². The molecule has 4 aromatic rings. The number of piperazine rings is 1. The number of aromatic nitrogens is 5. The number of hydrogen-bond donors (Lipinski definition) is 1. The lowest BCUT2D eigenvalue weighted by molar-refractivity contribution is 0.132. The molecule has 1 saturated heterocycles. The molecule has 0 amide bonds. The van der Waals surface area contributed by atoms with Crippen molar-refractivity contribution in [1.29, 1.82) is 0 Å². The minimum Gasteiger partial charge on any atom is -0.338 e. The van der Waals surface area contributed by atoms with Gasteiger partial charge in [-0.1, -0.05) is 13.0 Å². The van der Waals surface area contributed by atoms with Crippen molar-refractivity contribution in [2.24, 2.45) is 0 Å². The summed E-state index contributed by atoms with van der Waals surface area (Å²) in [6.07, 6.45) is 3.01. The Kier molecular flexibility index (Phi) is 7.37. The van der Waals surface area contributed by atoms with Crippen LogP contribution in [0, 0.1) is 12.7 Å². The molecule has 1 aliphatic heterocycles. The summed E-state index contributed by atoms with van der Waals surface area (Å²) >= 11 is 6.00. The van der Waals surface area contributed by atoms with Crippen molar-refractivity contribution >= 4 is 34.1 Å². The summed E-state index contributed by atoms with van der Waals surface area (Å²) in [6.45, 7) is 14.7. The number of nitrogens with zero attached hydrogens (tertiary/aromatic N) is 7. The Labute approximate surface area is 221 Å². The SMILES string of the molecule is CCN1CCN(Cc2ccc(Nc3cc(-c4nc(Cl)ncc4F)cc4c3nc(C)n4C(C)C)nc2)CC1. The molecular weight excluding hydrogens is 491 g/mol. The van der Waals surface area contributed by atoms with Crippen molar-refractivity contribution in [3.8, 4) is 11.3 Å². The lowest BCUT2D eigenvalue weighted by Crippen LogP contribution is -2.45. The van der Waals surface area contributed by atoms with Gasteiger partial charge in [0.1, 0.15) is 22.9 Å². The predicted molar refractivity (Wildman–Crippen MR) is 146 cm³/mol. The maximum Gasteiger partial charge on any atom is 0.223 e. The number of imidazole rings is 1. The van der Waals surface area contributed by atoms with Gasteiger partial charge in [-0.2, -0.15) is 0 Å².